The summed E-state index contributed by atoms with van der Waals surface area (Å²) in [6.07, 6.45) is -0.191. The van der Waals surface area contributed by atoms with Crippen molar-refractivity contribution in [2.75, 3.05) is 61.2 Å². The van der Waals surface area contributed by atoms with Crippen LogP contribution in [0.15, 0.2) is 24.3 Å². The molecule has 0 spiro atoms. The summed E-state index contributed by atoms with van der Waals surface area (Å²) in [5.41, 5.74) is 2.56. The van der Waals surface area contributed by atoms with E-state index >= 15 is 0 Å². The summed E-state index contributed by atoms with van der Waals surface area (Å²) in [6.45, 7) is 5.26. The van der Waals surface area contributed by atoms with Gasteiger partial charge in [-0.25, -0.2) is 14.8 Å². The molecule has 1 atom stereocenters. The van der Waals surface area contributed by atoms with E-state index in [1.807, 2.05) is 12.1 Å². The van der Waals surface area contributed by atoms with Crippen molar-refractivity contribution in [3.8, 4) is 11.4 Å². The molecule has 5 rings (SSSR count). The highest BCUT2D eigenvalue weighted by Crippen LogP contribution is 2.39. The van der Waals surface area contributed by atoms with Crippen molar-refractivity contribution in [2.24, 2.45) is 0 Å². The molecule has 1 amide bonds. The van der Waals surface area contributed by atoms with Gasteiger partial charge in [-0.2, -0.15) is 0 Å². The molecule has 2 fully saturated rings. The second-order valence-electron chi connectivity index (χ2n) is 7.41. The van der Waals surface area contributed by atoms with Gasteiger partial charge in [0.05, 0.1) is 32.5 Å². The first-order valence-electron chi connectivity index (χ1n) is 9.87. The van der Waals surface area contributed by atoms with Gasteiger partial charge >= 0.3 is 6.09 Å². The van der Waals surface area contributed by atoms with Crippen LogP contribution in [0.3, 0.4) is 0 Å². The highest BCUT2D eigenvalue weighted by Gasteiger charge is 2.37. The average Bonchev–Trinajstić information content (AvgIpc) is 3.12. The van der Waals surface area contributed by atoms with Crippen LogP contribution in [0, 0.1) is 0 Å². The predicted octanol–water partition coefficient (Wildman–Crippen LogP) is 1.83. The van der Waals surface area contributed by atoms with E-state index in [9.17, 15) is 4.79 Å². The van der Waals surface area contributed by atoms with Crippen molar-refractivity contribution in [1.82, 2.24) is 9.97 Å². The van der Waals surface area contributed by atoms with Gasteiger partial charge in [0.1, 0.15) is 11.6 Å². The Hall–Kier alpha value is -2.91. The van der Waals surface area contributed by atoms with Gasteiger partial charge in [0, 0.05) is 42.9 Å². The number of hydrogen-bond donors (Lipinski definition) is 2. The van der Waals surface area contributed by atoms with Crippen molar-refractivity contribution >= 4 is 23.4 Å². The van der Waals surface area contributed by atoms with Gasteiger partial charge < -0.3 is 24.4 Å². The second kappa shape index (κ2) is 7.49. The summed E-state index contributed by atoms with van der Waals surface area (Å²) in [7, 11) is 0. The maximum Gasteiger partial charge on any atom is 0.409 e. The van der Waals surface area contributed by atoms with Crippen molar-refractivity contribution < 1.29 is 19.4 Å². The molecule has 1 aromatic heterocycles. The molecular weight excluding hydrogens is 374 g/mol. The summed E-state index contributed by atoms with van der Waals surface area (Å²) in [4.78, 5) is 25.3. The predicted molar refractivity (Wildman–Crippen MR) is 108 cm³/mol. The Bertz CT molecular complexity index is 914. The minimum atomic E-state index is -1.08. The van der Waals surface area contributed by atoms with Gasteiger partial charge in [-0.1, -0.05) is 0 Å². The van der Waals surface area contributed by atoms with Crippen LogP contribution < -0.4 is 15.1 Å². The fourth-order valence-electron chi connectivity index (χ4n) is 4.21. The van der Waals surface area contributed by atoms with Crippen molar-refractivity contribution in [2.45, 2.75) is 12.5 Å². The zero-order valence-electron chi connectivity index (χ0n) is 16.0. The zero-order chi connectivity index (χ0) is 19.8. The first-order chi connectivity index (χ1) is 14.2. The van der Waals surface area contributed by atoms with E-state index in [1.165, 1.54) is 5.56 Å². The number of ether oxygens (including phenoxy) is 2. The van der Waals surface area contributed by atoms with Crippen molar-refractivity contribution in [3.05, 3.63) is 29.8 Å². The minimum Gasteiger partial charge on any atom is -0.465 e. The molecule has 0 saturated carbocycles. The standard InChI is InChI=1S/C20H23N5O4/c26-20(27)21-14-3-1-13(2-4-14)17-22-18(24-5-8-28-9-6-24)16-11-15-12-29-10-7-25(15)19(16)23-17/h1-4,15,21H,5-12H2,(H,26,27)/t15-/m1/s1. The third kappa shape index (κ3) is 3.47. The molecule has 0 radical (unpaired) electrons. The summed E-state index contributed by atoms with van der Waals surface area (Å²) < 4.78 is 11.2. The van der Waals surface area contributed by atoms with Gasteiger partial charge in [0.2, 0.25) is 0 Å². The Labute approximate surface area is 168 Å². The van der Waals surface area contributed by atoms with E-state index in [0.717, 1.165) is 43.3 Å². The van der Waals surface area contributed by atoms with E-state index < -0.39 is 6.09 Å². The summed E-state index contributed by atoms with van der Waals surface area (Å²) in [5.74, 6) is 2.63. The molecule has 4 heterocycles. The first-order valence-corrected chi connectivity index (χ1v) is 9.87. The number of hydrogen-bond acceptors (Lipinski definition) is 7. The van der Waals surface area contributed by atoms with E-state index in [-0.39, 0.29) is 0 Å². The Kier molecular flexibility index (Phi) is 4.69. The lowest BCUT2D eigenvalue weighted by Gasteiger charge is -2.31. The van der Waals surface area contributed by atoms with Crippen LogP contribution in [0.25, 0.3) is 11.4 Å². The lowest BCUT2D eigenvalue weighted by atomic mass is 10.1. The lowest BCUT2D eigenvalue weighted by molar-refractivity contribution is 0.0973. The second-order valence-corrected chi connectivity index (χ2v) is 7.41. The highest BCUT2D eigenvalue weighted by molar-refractivity contribution is 5.83. The zero-order valence-corrected chi connectivity index (χ0v) is 16.0. The SMILES string of the molecule is O=C(O)Nc1ccc(-c2nc(N3CCOCC3)c3c(n2)N2CCOC[C@H]2C3)cc1. The number of fused-ring (bicyclic) bond motifs is 3. The van der Waals surface area contributed by atoms with Crippen LogP contribution in [0.2, 0.25) is 0 Å². The van der Waals surface area contributed by atoms with Gasteiger partial charge in [-0.15, -0.1) is 0 Å². The molecule has 0 aliphatic carbocycles. The number of anilines is 3. The number of benzene rings is 1. The summed E-state index contributed by atoms with van der Waals surface area (Å²) >= 11 is 0. The highest BCUT2D eigenvalue weighted by atomic mass is 16.5. The Morgan fingerprint density at radius 3 is 2.52 bits per heavy atom. The molecule has 0 unspecified atom stereocenters. The molecule has 3 aliphatic heterocycles. The average molecular weight is 397 g/mol. The molecule has 9 nitrogen and oxygen atoms in total. The number of amides is 1. The fourth-order valence-corrected chi connectivity index (χ4v) is 4.21. The number of morpholine rings is 2. The number of nitrogens with zero attached hydrogens (tertiary/aromatic N) is 4. The summed E-state index contributed by atoms with van der Waals surface area (Å²) in [5, 5.41) is 11.2. The van der Waals surface area contributed by atoms with Crippen molar-refractivity contribution in [3.63, 3.8) is 0 Å². The van der Waals surface area contributed by atoms with E-state index in [4.69, 9.17) is 24.5 Å². The van der Waals surface area contributed by atoms with Crippen LogP contribution in [0.4, 0.5) is 22.1 Å². The molecule has 2 saturated heterocycles. The molecule has 0 bridgehead atoms. The van der Waals surface area contributed by atoms with Gasteiger partial charge in [0.25, 0.3) is 0 Å². The van der Waals surface area contributed by atoms with Crippen molar-refractivity contribution in [1.29, 1.82) is 0 Å². The van der Waals surface area contributed by atoms with Gasteiger partial charge in [0.15, 0.2) is 5.82 Å². The molecule has 3 aliphatic rings. The molecule has 1 aromatic carbocycles. The lowest BCUT2D eigenvalue weighted by Crippen LogP contribution is -2.43. The number of aromatic nitrogens is 2. The number of rotatable bonds is 3. The molecule has 2 N–H and O–H groups in total. The van der Waals surface area contributed by atoms with E-state index in [2.05, 4.69) is 15.1 Å². The smallest absolute Gasteiger partial charge is 0.409 e. The largest absolute Gasteiger partial charge is 0.465 e. The Morgan fingerprint density at radius 2 is 1.76 bits per heavy atom. The third-order valence-corrected chi connectivity index (χ3v) is 5.61. The van der Waals surface area contributed by atoms with Crippen LogP contribution in [-0.4, -0.2) is 73.3 Å². The van der Waals surface area contributed by atoms with Crippen LogP contribution in [0.1, 0.15) is 5.56 Å². The van der Waals surface area contributed by atoms with E-state index in [0.29, 0.717) is 44.0 Å². The van der Waals surface area contributed by atoms with E-state index in [1.54, 1.807) is 12.1 Å². The number of nitrogens with one attached hydrogen (secondary N) is 1. The monoisotopic (exact) mass is 397 g/mol. The Morgan fingerprint density at radius 1 is 1.03 bits per heavy atom. The number of carbonyl (C=O) groups is 1. The maximum absolute atomic E-state index is 10.8. The van der Waals surface area contributed by atoms with Crippen LogP contribution >= 0.6 is 0 Å². The van der Waals surface area contributed by atoms with Gasteiger partial charge in [-0.3, -0.25) is 5.32 Å². The fraction of sp³-hybridized carbons (Fsp3) is 0.450. The quantitative estimate of drug-likeness (QED) is 0.809. The molecule has 29 heavy (non-hydrogen) atoms. The van der Waals surface area contributed by atoms with Gasteiger partial charge in [-0.05, 0) is 24.3 Å². The number of carboxylic acid groups (broad SMARTS) is 1. The first kappa shape index (κ1) is 18.1. The van der Waals surface area contributed by atoms with Crippen LogP contribution in [0.5, 0.6) is 0 Å². The normalized spacial score (nSPS) is 20.9. The van der Waals surface area contributed by atoms with Crippen LogP contribution in [-0.2, 0) is 15.9 Å². The Balaban J connectivity index is 1.55. The molecule has 152 valence electrons. The topological polar surface area (TPSA) is 100 Å². The third-order valence-electron chi connectivity index (χ3n) is 5.61. The summed E-state index contributed by atoms with van der Waals surface area (Å²) in [6, 6.07) is 7.46. The molecular formula is C20H23N5O4. The minimum absolute atomic E-state index is 0.310. The maximum atomic E-state index is 10.8. The molecule has 2 aromatic rings. The molecule has 9 heteroatoms.